The fraction of sp³-hybridized carbons (Fsp3) is 0.304. The fourth-order valence-electron chi connectivity index (χ4n) is 4.02. The first-order valence-electron chi connectivity index (χ1n) is 9.78. The number of aromatic nitrogens is 1. The molecule has 0 bridgehead atoms. The quantitative estimate of drug-likeness (QED) is 0.682. The number of hydrogen-bond acceptors (Lipinski definition) is 3. The molecule has 1 amide bonds. The molecule has 0 aliphatic carbocycles. The lowest BCUT2D eigenvalue weighted by atomic mass is 10.1. The van der Waals surface area contributed by atoms with E-state index in [1.165, 1.54) is 13.0 Å². The number of nitrogens with zero attached hydrogens (tertiary/aromatic N) is 2. The Kier molecular flexibility index (Phi) is 4.86. The third-order valence-corrected chi connectivity index (χ3v) is 5.58. The Labute approximate surface area is 169 Å². The topological polar surface area (TPSA) is 56.4 Å². The second-order valence-electron chi connectivity index (χ2n) is 7.73. The van der Waals surface area contributed by atoms with Crippen LogP contribution < -0.4 is 4.90 Å². The van der Waals surface area contributed by atoms with Crippen molar-refractivity contribution < 1.29 is 14.0 Å². The standard InChI is InChI=1S/C23H24FN3O2/c1-14-10-15(2)18-13-21(25-20(18)11-14)23(29)27-8-6-26(7-9-27)22-5-4-17(16(3)28)12-19(22)24/h4-5,10-13,25H,6-9H2,1-3H3. The fourth-order valence-corrected chi connectivity index (χ4v) is 4.02. The Bertz CT molecular complexity index is 1110. The van der Waals surface area contributed by atoms with Gasteiger partial charge < -0.3 is 14.8 Å². The van der Waals surface area contributed by atoms with E-state index in [1.54, 1.807) is 17.0 Å². The van der Waals surface area contributed by atoms with E-state index in [-0.39, 0.29) is 11.7 Å². The Morgan fingerprint density at radius 3 is 2.38 bits per heavy atom. The predicted molar refractivity (Wildman–Crippen MR) is 112 cm³/mol. The van der Waals surface area contributed by atoms with Crippen LogP contribution in [-0.4, -0.2) is 47.8 Å². The number of ketones is 1. The maximum absolute atomic E-state index is 14.4. The average Bonchev–Trinajstić information content (AvgIpc) is 3.12. The molecule has 29 heavy (non-hydrogen) atoms. The number of piperazine rings is 1. The second-order valence-corrected chi connectivity index (χ2v) is 7.73. The maximum atomic E-state index is 14.4. The smallest absolute Gasteiger partial charge is 0.270 e. The monoisotopic (exact) mass is 393 g/mol. The number of halogens is 1. The number of H-pyrrole nitrogens is 1. The summed E-state index contributed by atoms with van der Waals surface area (Å²) in [5.41, 5.74) is 4.69. The molecule has 1 N–H and O–H groups in total. The summed E-state index contributed by atoms with van der Waals surface area (Å²) >= 11 is 0. The van der Waals surface area contributed by atoms with Crippen LogP contribution in [0.1, 0.15) is 38.9 Å². The maximum Gasteiger partial charge on any atom is 0.270 e. The second kappa shape index (κ2) is 7.35. The van der Waals surface area contributed by atoms with Gasteiger partial charge in [0.2, 0.25) is 0 Å². The Morgan fingerprint density at radius 1 is 1.00 bits per heavy atom. The van der Waals surface area contributed by atoms with Crippen LogP contribution in [0.15, 0.2) is 36.4 Å². The Balaban J connectivity index is 1.48. The molecule has 1 fully saturated rings. The van der Waals surface area contributed by atoms with Gasteiger partial charge in [0.05, 0.1) is 5.69 Å². The van der Waals surface area contributed by atoms with Gasteiger partial charge in [0.25, 0.3) is 5.91 Å². The summed E-state index contributed by atoms with van der Waals surface area (Å²) in [6.07, 6.45) is 0. The van der Waals surface area contributed by atoms with E-state index in [1.807, 2.05) is 30.9 Å². The van der Waals surface area contributed by atoms with Crippen LogP contribution in [0, 0.1) is 19.7 Å². The van der Waals surface area contributed by atoms with Gasteiger partial charge in [-0.25, -0.2) is 4.39 Å². The number of benzene rings is 2. The summed E-state index contributed by atoms with van der Waals surface area (Å²) in [5, 5.41) is 1.06. The van der Waals surface area contributed by atoms with E-state index in [2.05, 4.69) is 11.1 Å². The SMILES string of the molecule is CC(=O)c1ccc(N2CCN(C(=O)c3cc4c(C)cc(C)cc4[nH]3)CC2)c(F)c1. The van der Waals surface area contributed by atoms with E-state index >= 15 is 0 Å². The lowest BCUT2D eigenvalue weighted by Crippen LogP contribution is -2.49. The minimum absolute atomic E-state index is 0.0368. The largest absolute Gasteiger partial charge is 0.366 e. The van der Waals surface area contributed by atoms with Crippen molar-refractivity contribution in [3.63, 3.8) is 0 Å². The molecule has 1 saturated heterocycles. The van der Waals surface area contributed by atoms with Gasteiger partial charge in [-0.3, -0.25) is 9.59 Å². The van der Waals surface area contributed by atoms with Crippen LogP contribution in [0.3, 0.4) is 0 Å². The van der Waals surface area contributed by atoms with Gasteiger partial charge in [0.15, 0.2) is 5.78 Å². The number of nitrogens with one attached hydrogen (secondary N) is 1. The van der Waals surface area contributed by atoms with Crippen molar-refractivity contribution in [2.45, 2.75) is 20.8 Å². The Morgan fingerprint density at radius 2 is 1.72 bits per heavy atom. The van der Waals surface area contributed by atoms with Gasteiger partial charge in [-0.2, -0.15) is 0 Å². The molecule has 1 aromatic heterocycles. The van der Waals surface area contributed by atoms with Crippen LogP contribution in [0.2, 0.25) is 0 Å². The number of carbonyl (C=O) groups is 2. The molecule has 0 spiro atoms. The van der Waals surface area contributed by atoms with Gasteiger partial charge in [-0.05, 0) is 62.2 Å². The van der Waals surface area contributed by atoms with E-state index in [4.69, 9.17) is 0 Å². The first kappa shape index (κ1) is 19.2. The van der Waals surface area contributed by atoms with Crippen molar-refractivity contribution in [3.05, 3.63) is 64.6 Å². The third-order valence-electron chi connectivity index (χ3n) is 5.58. The van der Waals surface area contributed by atoms with Gasteiger partial charge in [0, 0.05) is 42.6 Å². The average molecular weight is 393 g/mol. The zero-order valence-corrected chi connectivity index (χ0v) is 16.9. The number of anilines is 1. The minimum atomic E-state index is -0.404. The first-order chi connectivity index (χ1) is 13.8. The van der Waals surface area contributed by atoms with Crippen molar-refractivity contribution in [2.75, 3.05) is 31.1 Å². The minimum Gasteiger partial charge on any atom is -0.366 e. The number of Topliss-reactive ketones (excluding diaryl/α,β-unsaturated/α-hetero) is 1. The van der Waals surface area contributed by atoms with Crippen molar-refractivity contribution in [2.24, 2.45) is 0 Å². The van der Waals surface area contributed by atoms with Crippen LogP contribution >= 0.6 is 0 Å². The molecule has 1 aliphatic rings. The molecule has 3 aromatic rings. The highest BCUT2D eigenvalue weighted by atomic mass is 19.1. The number of amides is 1. The van der Waals surface area contributed by atoms with E-state index in [9.17, 15) is 14.0 Å². The molecule has 0 radical (unpaired) electrons. The molecule has 150 valence electrons. The summed E-state index contributed by atoms with van der Waals surface area (Å²) < 4.78 is 14.4. The van der Waals surface area contributed by atoms with Crippen molar-refractivity contribution in [1.29, 1.82) is 0 Å². The third kappa shape index (κ3) is 3.62. The summed E-state index contributed by atoms with van der Waals surface area (Å²) in [5.74, 6) is -0.598. The van der Waals surface area contributed by atoms with E-state index < -0.39 is 5.82 Å². The molecule has 5 nitrogen and oxygen atoms in total. The molecular formula is C23H24FN3O2. The van der Waals surface area contributed by atoms with Crippen LogP contribution in [0.4, 0.5) is 10.1 Å². The van der Waals surface area contributed by atoms with Gasteiger partial charge in [-0.15, -0.1) is 0 Å². The lowest BCUT2D eigenvalue weighted by Gasteiger charge is -2.36. The molecule has 6 heteroatoms. The van der Waals surface area contributed by atoms with Gasteiger partial charge in [-0.1, -0.05) is 6.07 Å². The molecular weight excluding hydrogens is 369 g/mol. The highest BCUT2D eigenvalue weighted by molar-refractivity contribution is 5.99. The number of carbonyl (C=O) groups excluding carboxylic acids is 2. The highest BCUT2D eigenvalue weighted by Gasteiger charge is 2.25. The zero-order valence-electron chi connectivity index (χ0n) is 16.9. The van der Waals surface area contributed by atoms with Crippen molar-refractivity contribution in [1.82, 2.24) is 9.88 Å². The van der Waals surface area contributed by atoms with Crippen LogP contribution in [-0.2, 0) is 0 Å². The summed E-state index contributed by atoms with van der Waals surface area (Å²) in [7, 11) is 0. The van der Waals surface area contributed by atoms with Crippen LogP contribution in [0.5, 0.6) is 0 Å². The molecule has 0 atom stereocenters. The van der Waals surface area contributed by atoms with Gasteiger partial charge in [0.1, 0.15) is 11.5 Å². The molecule has 0 unspecified atom stereocenters. The summed E-state index contributed by atoms with van der Waals surface area (Å²) in [6.45, 7) is 7.62. The number of aromatic amines is 1. The number of fused-ring (bicyclic) bond motifs is 1. The lowest BCUT2D eigenvalue weighted by molar-refractivity contribution is 0.0741. The zero-order chi connectivity index (χ0) is 20.7. The number of hydrogen-bond donors (Lipinski definition) is 1. The number of rotatable bonds is 3. The predicted octanol–water partition coefficient (Wildman–Crippen LogP) is 4.09. The van der Waals surface area contributed by atoms with Crippen molar-refractivity contribution in [3.8, 4) is 0 Å². The molecule has 2 aromatic carbocycles. The summed E-state index contributed by atoms with van der Waals surface area (Å²) in [4.78, 5) is 31.3. The molecule has 2 heterocycles. The highest BCUT2D eigenvalue weighted by Crippen LogP contribution is 2.25. The summed E-state index contributed by atoms with van der Waals surface area (Å²) in [6, 6.07) is 10.6. The Hall–Kier alpha value is -3.15. The normalized spacial score (nSPS) is 14.5. The first-order valence-corrected chi connectivity index (χ1v) is 9.78. The molecule has 1 aliphatic heterocycles. The van der Waals surface area contributed by atoms with Gasteiger partial charge >= 0.3 is 0 Å². The van der Waals surface area contributed by atoms with E-state index in [0.717, 1.165) is 22.0 Å². The molecule has 0 saturated carbocycles. The number of aryl methyl sites for hydroxylation is 2. The van der Waals surface area contributed by atoms with Crippen LogP contribution in [0.25, 0.3) is 10.9 Å². The van der Waals surface area contributed by atoms with Crippen molar-refractivity contribution >= 4 is 28.3 Å². The molecule has 4 rings (SSSR count). The van der Waals surface area contributed by atoms with E-state index in [0.29, 0.717) is 43.1 Å².